The Morgan fingerprint density at radius 1 is 0.731 bits per heavy atom. The van der Waals surface area contributed by atoms with Gasteiger partial charge in [0.25, 0.3) is 0 Å². The maximum atomic E-state index is 16.7. The number of benzene rings is 4. The highest BCUT2D eigenvalue weighted by molar-refractivity contribution is 6.02. The molecule has 0 saturated carbocycles. The van der Waals surface area contributed by atoms with Crippen LogP contribution in [0, 0.1) is 12.7 Å². The molecule has 264 valence electrons. The van der Waals surface area contributed by atoms with Gasteiger partial charge in [-0.3, -0.25) is 0 Å². The van der Waals surface area contributed by atoms with Crippen molar-refractivity contribution in [3.63, 3.8) is 0 Å². The van der Waals surface area contributed by atoms with Crippen molar-refractivity contribution in [2.45, 2.75) is 123 Å². The normalized spacial score (nSPS) is 18.4. The first-order valence-electron chi connectivity index (χ1n) is 19.9. The third-order valence-corrected chi connectivity index (χ3v) is 13.9. The van der Waals surface area contributed by atoms with E-state index >= 15 is 4.39 Å². The van der Waals surface area contributed by atoms with E-state index in [9.17, 15) is 0 Å². The van der Waals surface area contributed by atoms with Crippen LogP contribution in [0.5, 0.6) is 0 Å². The summed E-state index contributed by atoms with van der Waals surface area (Å²) in [6.45, 7) is 19.4. The molecule has 1 atom stereocenters. The van der Waals surface area contributed by atoms with Gasteiger partial charge in [0.1, 0.15) is 5.82 Å². The quantitative estimate of drug-likeness (QED) is 0.148. The van der Waals surface area contributed by atoms with Gasteiger partial charge in [0.15, 0.2) is 24.5 Å². The Hall–Kier alpha value is -4.37. The van der Waals surface area contributed by atoms with Crippen LogP contribution in [-0.2, 0) is 29.3 Å². The van der Waals surface area contributed by atoms with Crippen LogP contribution in [0.2, 0.25) is 0 Å². The molecule has 2 nitrogen and oxygen atoms in total. The predicted octanol–water partition coefficient (Wildman–Crippen LogP) is 11.7. The van der Waals surface area contributed by atoms with Crippen LogP contribution in [0.4, 0.5) is 4.39 Å². The molecule has 2 aromatic heterocycles. The Labute approximate surface area is 309 Å². The zero-order chi connectivity index (χ0) is 36.3. The SMILES string of the molecule is CCCCc1cc2c3c4[n+](ccc3c1)C(CC)(CC)CC(C[n+]1ccc3cccc5c3c1-c1c(C)cccc1C5(C)C)c1ccc(F)c(c1-4)C2(C)C. The summed E-state index contributed by atoms with van der Waals surface area (Å²) in [5, 5.41) is 5.28. The number of pyridine rings is 2. The minimum absolute atomic E-state index is 0.0824. The van der Waals surface area contributed by atoms with Crippen LogP contribution >= 0.6 is 0 Å². The topological polar surface area (TPSA) is 7.76 Å². The number of hydrogen-bond acceptors (Lipinski definition) is 0. The largest absolute Gasteiger partial charge is 0.221 e. The fourth-order valence-electron chi connectivity index (χ4n) is 11.0. The van der Waals surface area contributed by atoms with Crippen molar-refractivity contribution < 1.29 is 13.5 Å². The second kappa shape index (κ2) is 11.6. The van der Waals surface area contributed by atoms with E-state index in [1.54, 1.807) is 6.07 Å². The standard InChI is InChI=1S/C49H53FN2/c1-9-12-16-31-26-33-23-25-52-46-42(33)38(27-31)48(7,8)44-39(50)21-20-35(43(44)46)34(28-49(52,10-2)11-3)29-51-24-22-32-17-14-19-37-41(32)45(51)40-30(4)15-13-18-36(40)47(37,5)6/h13-15,17-27,34H,9-12,16,28-29H2,1-8H3/q+2. The zero-order valence-corrected chi connectivity index (χ0v) is 32.4. The first-order chi connectivity index (χ1) is 25.0. The molecular formula is C49H53FN2+2. The Balaban J connectivity index is 1.34. The number of aromatic nitrogens is 2. The summed E-state index contributed by atoms with van der Waals surface area (Å²) < 4.78 is 21.9. The van der Waals surface area contributed by atoms with Crippen molar-refractivity contribution in [3.8, 4) is 22.5 Å². The average molecular weight is 689 g/mol. The lowest BCUT2D eigenvalue weighted by Crippen LogP contribution is -2.57. The number of aryl methyl sites for hydroxylation is 2. The van der Waals surface area contributed by atoms with Gasteiger partial charge >= 0.3 is 0 Å². The van der Waals surface area contributed by atoms with Gasteiger partial charge in [0.05, 0.1) is 27.8 Å². The van der Waals surface area contributed by atoms with Crippen molar-refractivity contribution in [2.75, 3.05) is 0 Å². The van der Waals surface area contributed by atoms with Gasteiger partial charge in [0, 0.05) is 47.8 Å². The van der Waals surface area contributed by atoms with E-state index in [0.29, 0.717) is 0 Å². The summed E-state index contributed by atoms with van der Waals surface area (Å²) in [6.07, 6.45) is 11.1. The first-order valence-corrected chi connectivity index (χ1v) is 19.9. The second-order valence-corrected chi connectivity index (χ2v) is 17.3. The lowest BCUT2D eigenvalue weighted by molar-refractivity contribution is -0.758. The maximum Gasteiger partial charge on any atom is 0.221 e. The first kappa shape index (κ1) is 33.5. The molecule has 3 aliphatic rings. The molecule has 1 unspecified atom stereocenters. The minimum atomic E-state index is -0.476. The molecule has 2 aliphatic carbocycles. The van der Waals surface area contributed by atoms with Gasteiger partial charge in [-0.05, 0) is 70.0 Å². The molecule has 3 heterocycles. The lowest BCUT2D eigenvalue weighted by atomic mass is 9.67. The molecule has 0 N–H and O–H groups in total. The number of hydrogen-bond donors (Lipinski definition) is 0. The number of rotatable bonds is 7. The van der Waals surface area contributed by atoms with Gasteiger partial charge < -0.3 is 0 Å². The van der Waals surface area contributed by atoms with E-state index < -0.39 is 5.41 Å². The minimum Gasteiger partial charge on any atom is -0.207 e. The number of unbranched alkanes of at least 4 members (excludes halogenated alkanes) is 1. The van der Waals surface area contributed by atoms with Crippen LogP contribution < -0.4 is 9.13 Å². The van der Waals surface area contributed by atoms with Crippen LogP contribution in [0.1, 0.15) is 125 Å². The molecule has 0 bridgehead atoms. The fourth-order valence-corrected chi connectivity index (χ4v) is 11.0. The van der Waals surface area contributed by atoms with Crippen molar-refractivity contribution in [1.29, 1.82) is 0 Å². The van der Waals surface area contributed by atoms with E-state index in [2.05, 4.69) is 144 Å². The lowest BCUT2D eigenvalue weighted by Gasteiger charge is -2.36. The van der Waals surface area contributed by atoms with Crippen LogP contribution in [0.25, 0.3) is 44.1 Å². The van der Waals surface area contributed by atoms with E-state index in [1.807, 2.05) is 0 Å². The zero-order valence-electron chi connectivity index (χ0n) is 32.4. The summed E-state index contributed by atoms with van der Waals surface area (Å²) in [5.74, 6) is 0.0969. The van der Waals surface area contributed by atoms with Crippen molar-refractivity contribution in [1.82, 2.24) is 0 Å². The Kier molecular flexibility index (Phi) is 7.44. The summed E-state index contributed by atoms with van der Waals surface area (Å²) in [6, 6.07) is 27.2. The monoisotopic (exact) mass is 688 g/mol. The molecule has 0 spiro atoms. The second-order valence-electron chi connectivity index (χ2n) is 17.3. The predicted molar refractivity (Wildman–Crippen MR) is 213 cm³/mol. The summed E-state index contributed by atoms with van der Waals surface area (Å²) >= 11 is 0. The van der Waals surface area contributed by atoms with Gasteiger partial charge in [-0.15, -0.1) is 0 Å². The molecule has 9 rings (SSSR count). The molecule has 4 aromatic carbocycles. The fraction of sp³-hybridized carbons (Fsp3) is 0.388. The molecule has 1 aliphatic heterocycles. The molecule has 0 fully saturated rings. The van der Waals surface area contributed by atoms with Gasteiger partial charge in [-0.1, -0.05) is 109 Å². The molecule has 3 heteroatoms. The van der Waals surface area contributed by atoms with Crippen molar-refractivity contribution in [2.24, 2.45) is 0 Å². The summed E-state index contributed by atoms with van der Waals surface area (Å²) in [5.41, 5.74) is 13.3. The molecule has 52 heavy (non-hydrogen) atoms. The summed E-state index contributed by atoms with van der Waals surface area (Å²) in [7, 11) is 0. The number of fused-ring (bicyclic) bond motifs is 2. The van der Waals surface area contributed by atoms with Crippen molar-refractivity contribution >= 4 is 21.5 Å². The third-order valence-electron chi connectivity index (χ3n) is 13.9. The molecule has 0 saturated heterocycles. The Bertz CT molecular complexity index is 2460. The van der Waals surface area contributed by atoms with E-state index in [0.717, 1.165) is 56.2 Å². The molecule has 0 amide bonds. The number of nitrogens with zero attached hydrogens (tertiary/aromatic N) is 2. The highest BCUT2D eigenvalue weighted by atomic mass is 19.1. The average Bonchev–Trinajstić information content (AvgIpc) is 3.25. The smallest absolute Gasteiger partial charge is 0.207 e. The van der Waals surface area contributed by atoms with Gasteiger partial charge in [0.2, 0.25) is 11.4 Å². The van der Waals surface area contributed by atoms with Crippen LogP contribution in [0.3, 0.4) is 0 Å². The van der Waals surface area contributed by atoms with Crippen LogP contribution in [0.15, 0.2) is 85.2 Å². The highest BCUT2D eigenvalue weighted by Gasteiger charge is 2.51. The van der Waals surface area contributed by atoms with Gasteiger partial charge in [-0.2, -0.15) is 9.13 Å². The number of halogens is 1. The molecule has 6 aromatic rings. The Morgan fingerprint density at radius 3 is 2.23 bits per heavy atom. The van der Waals surface area contributed by atoms with Crippen LogP contribution in [-0.4, -0.2) is 0 Å². The van der Waals surface area contributed by atoms with E-state index in [1.165, 1.54) is 71.9 Å². The summed E-state index contributed by atoms with van der Waals surface area (Å²) in [4.78, 5) is 0. The maximum absolute atomic E-state index is 16.7. The third kappa shape index (κ3) is 4.41. The van der Waals surface area contributed by atoms with E-state index in [4.69, 9.17) is 0 Å². The van der Waals surface area contributed by atoms with Gasteiger partial charge in [-0.25, -0.2) is 4.39 Å². The Morgan fingerprint density at radius 2 is 1.46 bits per heavy atom. The van der Waals surface area contributed by atoms with E-state index in [-0.39, 0.29) is 22.7 Å². The highest BCUT2D eigenvalue weighted by Crippen LogP contribution is 2.55. The van der Waals surface area contributed by atoms with Crippen molar-refractivity contribution in [3.05, 3.63) is 130 Å². The molecular weight excluding hydrogens is 636 g/mol. The molecule has 0 radical (unpaired) electrons.